The Kier molecular flexibility index (Phi) is 6.67. The van der Waals surface area contributed by atoms with Crippen LogP contribution in [0.15, 0.2) is 60.8 Å². The number of ether oxygens (including phenoxy) is 2. The molecule has 0 bridgehead atoms. The maximum absolute atomic E-state index is 12.7. The highest BCUT2D eigenvalue weighted by Gasteiger charge is 2.11. The summed E-state index contributed by atoms with van der Waals surface area (Å²) in [6.45, 7) is -0.136. The number of aromatic nitrogens is 1. The SMILES string of the molecule is COc1ccc(/C=C/C(=O)c2cccnc2Nc2ccc(CO)c(OC)c2)cc1O. The number of rotatable bonds is 8. The minimum absolute atomic E-state index is 0.00361. The van der Waals surface area contributed by atoms with E-state index in [1.165, 1.54) is 26.4 Å². The third-order valence-electron chi connectivity index (χ3n) is 4.42. The quantitative estimate of drug-likeness (QED) is 0.385. The lowest BCUT2D eigenvalue weighted by Crippen LogP contribution is -2.04. The van der Waals surface area contributed by atoms with Gasteiger partial charge in [0.2, 0.25) is 0 Å². The highest BCUT2D eigenvalue weighted by molar-refractivity contribution is 6.10. The number of nitrogens with one attached hydrogen (secondary N) is 1. The van der Waals surface area contributed by atoms with Crippen LogP contribution >= 0.6 is 0 Å². The predicted octanol–water partition coefficient (Wildman–Crippen LogP) is 3.94. The number of carbonyl (C=O) groups excluding carboxylic acids is 1. The van der Waals surface area contributed by atoms with Crippen LogP contribution in [0.3, 0.4) is 0 Å². The minimum atomic E-state index is -0.250. The van der Waals surface area contributed by atoms with E-state index < -0.39 is 0 Å². The largest absolute Gasteiger partial charge is 0.504 e. The standard InChI is InChI=1S/C23H22N2O5/c1-29-21-10-6-15(12-20(21)28)5-9-19(27)18-4-3-11-24-23(18)25-17-8-7-16(14-26)22(13-17)30-2/h3-13,26,28H,14H2,1-2H3,(H,24,25)/b9-5+. The molecule has 0 aliphatic carbocycles. The van der Waals surface area contributed by atoms with E-state index in [0.29, 0.717) is 39.7 Å². The van der Waals surface area contributed by atoms with Crippen molar-refractivity contribution in [3.8, 4) is 17.2 Å². The number of allylic oxidation sites excluding steroid dienone is 1. The minimum Gasteiger partial charge on any atom is -0.504 e. The van der Waals surface area contributed by atoms with E-state index in [9.17, 15) is 15.0 Å². The lowest BCUT2D eigenvalue weighted by molar-refractivity contribution is 0.104. The molecule has 0 unspecified atom stereocenters. The Hall–Kier alpha value is -3.84. The van der Waals surface area contributed by atoms with Crippen molar-refractivity contribution in [3.63, 3.8) is 0 Å². The van der Waals surface area contributed by atoms with E-state index >= 15 is 0 Å². The molecule has 2 aromatic carbocycles. The summed E-state index contributed by atoms with van der Waals surface area (Å²) in [5, 5.41) is 22.3. The van der Waals surface area contributed by atoms with E-state index in [-0.39, 0.29) is 18.1 Å². The Morgan fingerprint density at radius 1 is 1.10 bits per heavy atom. The molecule has 30 heavy (non-hydrogen) atoms. The smallest absolute Gasteiger partial charge is 0.189 e. The van der Waals surface area contributed by atoms with Crippen molar-refractivity contribution >= 4 is 23.4 Å². The molecule has 3 aromatic rings. The predicted molar refractivity (Wildman–Crippen MR) is 114 cm³/mol. The first kappa shape index (κ1) is 20.9. The number of carbonyl (C=O) groups is 1. The molecule has 7 heteroatoms. The molecule has 0 atom stereocenters. The Bertz CT molecular complexity index is 1080. The monoisotopic (exact) mass is 406 g/mol. The van der Waals surface area contributed by atoms with Crippen molar-refractivity contribution in [2.24, 2.45) is 0 Å². The molecule has 0 spiro atoms. The van der Waals surface area contributed by atoms with Gasteiger partial charge in [0.15, 0.2) is 17.3 Å². The normalized spacial score (nSPS) is 10.8. The average Bonchev–Trinajstić information content (AvgIpc) is 2.77. The maximum Gasteiger partial charge on any atom is 0.189 e. The summed E-state index contributed by atoms with van der Waals surface area (Å²) in [7, 11) is 2.99. The number of hydrogen-bond donors (Lipinski definition) is 3. The molecule has 7 nitrogen and oxygen atoms in total. The molecular formula is C23H22N2O5. The van der Waals surface area contributed by atoms with Crippen LogP contribution in [0.2, 0.25) is 0 Å². The van der Waals surface area contributed by atoms with Gasteiger partial charge in [0.25, 0.3) is 0 Å². The number of nitrogens with zero attached hydrogens (tertiary/aromatic N) is 1. The van der Waals surface area contributed by atoms with Crippen LogP contribution < -0.4 is 14.8 Å². The number of methoxy groups -OCH3 is 2. The summed E-state index contributed by atoms with van der Waals surface area (Å²) in [5.74, 6) is 1.03. The van der Waals surface area contributed by atoms with Gasteiger partial charge in [-0.1, -0.05) is 18.2 Å². The summed E-state index contributed by atoms with van der Waals surface area (Å²) in [5.41, 5.74) is 2.37. The number of aromatic hydroxyl groups is 1. The molecule has 0 aliphatic rings. The molecular weight excluding hydrogens is 384 g/mol. The summed E-state index contributed by atoms with van der Waals surface area (Å²) >= 11 is 0. The van der Waals surface area contributed by atoms with E-state index in [1.807, 2.05) is 0 Å². The average molecular weight is 406 g/mol. The third kappa shape index (κ3) is 4.76. The van der Waals surface area contributed by atoms with E-state index in [2.05, 4.69) is 10.3 Å². The van der Waals surface area contributed by atoms with Crippen LogP contribution in [-0.4, -0.2) is 35.2 Å². The van der Waals surface area contributed by atoms with Gasteiger partial charge in [0.05, 0.1) is 26.4 Å². The molecule has 154 valence electrons. The fraction of sp³-hybridized carbons (Fsp3) is 0.130. The molecule has 1 heterocycles. The molecule has 0 fully saturated rings. The molecule has 0 saturated carbocycles. The lowest BCUT2D eigenvalue weighted by atomic mass is 10.1. The maximum atomic E-state index is 12.7. The zero-order chi connectivity index (χ0) is 21.5. The molecule has 0 aliphatic heterocycles. The van der Waals surface area contributed by atoms with E-state index in [4.69, 9.17) is 9.47 Å². The van der Waals surface area contributed by atoms with Gasteiger partial charge in [-0.2, -0.15) is 0 Å². The lowest BCUT2D eigenvalue weighted by Gasteiger charge is -2.12. The summed E-state index contributed by atoms with van der Waals surface area (Å²) < 4.78 is 10.3. The molecule has 0 saturated heterocycles. The number of pyridine rings is 1. The van der Waals surface area contributed by atoms with Gasteiger partial charge in [-0.3, -0.25) is 4.79 Å². The second-order valence-electron chi connectivity index (χ2n) is 6.34. The first-order chi connectivity index (χ1) is 14.5. The van der Waals surface area contributed by atoms with Gasteiger partial charge < -0.3 is 25.0 Å². The van der Waals surface area contributed by atoms with Gasteiger partial charge in [0.1, 0.15) is 11.6 Å². The van der Waals surface area contributed by atoms with Crippen molar-refractivity contribution < 1.29 is 24.5 Å². The van der Waals surface area contributed by atoms with Crippen molar-refractivity contribution in [3.05, 3.63) is 77.5 Å². The zero-order valence-electron chi connectivity index (χ0n) is 16.6. The van der Waals surface area contributed by atoms with Gasteiger partial charge in [-0.15, -0.1) is 0 Å². The highest BCUT2D eigenvalue weighted by Crippen LogP contribution is 2.28. The van der Waals surface area contributed by atoms with Crippen LogP contribution in [0.25, 0.3) is 6.08 Å². The fourth-order valence-electron chi connectivity index (χ4n) is 2.87. The van der Waals surface area contributed by atoms with Crippen LogP contribution in [-0.2, 0) is 6.61 Å². The number of phenols is 1. The van der Waals surface area contributed by atoms with Crippen molar-refractivity contribution in [1.29, 1.82) is 0 Å². The van der Waals surface area contributed by atoms with Crippen LogP contribution in [0, 0.1) is 0 Å². The van der Waals surface area contributed by atoms with Gasteiger partial charge in [-0.25, -0.2) is 4.98 Å². The number of anilines is 2. The number of aliphatic hydroxyl groups excluding tert-OH is 1. The third-order valence-corrected chi connectivity index (χ3v) is 4.42. The number of aliphatic hydroxyl groups is 1. The van der Waals surface area contributed by atoms with Gasteiger partial charge in [0, 0.05) is 23.5 Å². The topological polar surface area (TPSA) is 101 Å². The van der Waals surface area contributed by atoms with Crippen molar-refractivity contribution in [2.45, 2.75) is 6.61 Å². The van der Waals surface area contributed by atoms with Crippen molar-refractivity contribution in [1.82, 2.24) is 4.98 Å². The Balaban J connectivity index is 1.82. The first-order valence-electron chi connectivity index (χ1n) is 9.15. The van der Waals surface area contributed by atoms with Gasteiger partial charge >= 0.3 is 0 Å². The highest BCUT2D eigenvalue weighted by atomic mass is 16.5. The van der Waals surface area contributed by atoms with Gasteiger partial charge in [-0.05, 0) is 42.0 Å². The van der Waals surface area contributed by atoms with Crippen LogP contribution in [0.4, 0.5) is 11.5 Å². The first-order valence-corrected chi connectivity index (χ1v) is 9.15. The Morgan fingerprint density at radius 3 is 2.60 bits per heavy atom. The second-order valence-corrected chi connectivity index (χ2v) is 6.34. The summed E-state index contributed by atoms with van der Waals surface area (Å²) in [6.07, 6.45) is 4.61. The second kappa shape index (κ2) is 9.58. The molecule has 1 aromatic heterocycles. The fourth-order valence-corrected chi connectivity index (χ4v) is 2.87. The number of phenolic OH excluding ortho intramolecular Hbond substituents is 1. The number of benzene rings is 2. The Labute approximate surface area is 174 Å². The van der Waals surface area contributed by atoms with Crippen LogP contribution in [0.1, 0.15) is 21.5 Å². The van der Waals surface area contributed by atoms with Crippen LogP contribution in [0.5, 0.6) is 17.2 Å². The van der Waals surface area contributed by atoms with E-state index in [0.717, 1.165) is 0 Å². The Morgan fingerprint density at radius 2 is 1.90 bits per heavy atom. The number of ketones is 1. The molecule has 3 rings (SSSR count). The molecule has 0 radical (unpaired) electrons. The summed E-state index contributed by atoms with van der Waals surface area (Å²) in [6, 6.07) is 13.5. The molecule has 0 amide bonds. The van der Waals surface area contributed by atoms with Crippen molar-refractivity contribution in [2.75, 3.05) is 19.5 Å². The zero-order valence-corrected chi connectivity index (χ0v) is 16.6. The molecule has 3 N–H and O–H groups in total. The number of hydrogen-bond acceptors (Lipinski definition) is 7. The summed E-state index contributed by atoms with van der Waals surface area (Å²) in [4.78, 5) is 17.0. The van der Waals surface area contributed by atoms with E-state index in [1.54, 1.807) is 54.7 Å².